The van der Waals surface area contributed by atoms with Crippen molar-refractivity contribution in [3.8, 4) is 0 Å². The summed E-state index contributed by atoms with van der Waals surface area (Å²) in [4.78, 5) is 60.0. The van der Waals surface area contributed by atoms with E-state index in [1.165, 1.54) is 12.2 Å². The first kappa shape index (κ1) is 36.4. The molecule has 0 aromatic rings. The van der Waals surface area contributed by atoms with Gasteiger partial charge >= 0.3 is 18.2 Å². The number of aliphatic imine (C=N–C) groups is 2. The summed E-state index contributed by atoms with van der Waals surface area (Å²) in [7, 11) is 0. The van der Waals surface area contributed by atoms with Crippen molar-refractivity contribution < 1.29 is 42.9 Å². The minimum Gasteiger partial charge on any atom is -0.460 e. The Kier molecular flexibility index (Phi) is 28.2. The van der Waals surface area contributed by atoms with Gasteiger partial charge in [0.2, 0.25) is 17.9 Å². The number of hydrogen-bond donors (Lipinski definition) is 2. The maximum atomic E-state index is 11.4. The van der Waals surface area contributed by atoms with E-state index in [-0.39, 0.29) is 19.0 Å². The van der Waals surface area contributed by atoms with Gasteiger partial charge < -0.3 is 29.6 Å². The zero-order valence-electron chi connectivity index (χ0n) is 22.2. The summed E-state index contributed by atoms with van der Waals surface area (Å²) >= 11 is 0. The Bertz CT molecular complexity index is 755. The van der Waals surface area contributed by atoms with Crippen molar-refractivity contribution in [3.63, 3.8) is 0 Å². The van der Waals surface area contributed by atoms with Crippen molar-refractivity contribution in [3.05, 3.63) is 25.0 Å². The fourth-order valence-corrected chi connectivity index (χ4v) is 2.45. The highest BCUT2D eigenvalue weighted by Gasteiger charge is 2.13. The number of carbonyl (C=O) groups excluding carboxylic acids is 5. The Balaban J connectivity index is 0. The normalized spacial score (nSPS) is 9.29. The molecule has 0 unspecified atom stereocenters. The molecule has 0 radical (unpaired) electrons. The summed E-state index contributed by atoms with van der Waals surface area (Å²) in [5.74, 6) is -1.13. The molecule has 13 nitrogen and oxygen atoms in total. The third-order valence-electron chi connectivity index (χ3n) is 4.23. The van der Waals surface area contributed by atoms with E-state index in [0.29, 0.717) is 45.8 Å². The van der Waals surface area contributed by atoms with Crippen LogP contribution in [0, 0.1) is 0 Å². The summed E-state index contributed by atoms with van der Waals surface area (Å²) in [6, 6.07) is 0. The quantitative estimate of drug-likeness (QED) is 0.0324. The second-order valence-electron chi connectivity index (χ2n) is 7.31. The molecule has 0 aliphatic rings. The largest absolute Gasteiger partial charge is 0.460 e. The average Bonchev–Trinajstić information content (AvgIpc) is 2.90. The Morgan fingerprint density at radius 3 is 1.89 bits per heavy atom. The minimum atomic E-state index is -0.770. The topological polar surface area (TPSA) is 171 Å². The van der Waals surface area contributed by atoms with E-state index in [9.17, 15) is 24.0 Å². The van der Waals surface area contributed by atoms with Gasteiger partial charge in [0.05, 0.1) is 32.9 Å². The standard InChI is InChI=1S/C17H28N2O7.C8H12N2O2/c1-4-11-23-12-13-25-16(21)18-9-7-6-8-10-19-17(22)26-14(3)15(20)24-5-2;11-7-9-5-3-1-2-4-6-10-8-12/h4H,1,3,5-13H2,2H3,(H,18,21)(H,19,22);1-6H2. The number of unbranched alkanes of at least 4 members (excludes halogenated alkanes) is 5. The Labute approximate surface area is 223 Å². The second kappa shape index (κ2) is 29.4. The zero-order chi connectivity index (χ0) is 28.7. The van der Waals surface area contributed by atoms with E-state index in [0.717, 1.165) is 38.5 Å². The van der Waals surface area contributed by atoms with Gasteiger partial charge in [0, 0.05) is 13.1 Å². The van der Waals surface area contributed by atoms with Crippen LogP contribution in [-0.2, 0) is 33.3 Å². The van der Waals surface area contributed by atoms with Crippen molar-refractivity contribution in [2.24, 2.45) is 9.98 Å². The maximum Gasteiger partial charge on any atom is 0.412 e. The highest BCUT2D eigenvalue weighted by molar-refractivity contribution is 5.88. The summed E-state index contributed by atoms with van der Waals surface area (Å²) in [6.45, 7) is 11.5. The number of carbonyl (C=O) groups is 3. The fraction of sp³-hybridized carbons (Fsp3) is 0.640. The third-order valence-corrected chi connectivity index (χ3v) is 4.23. The number of hydrogen-bond acceptors (Lipinski definition) is 11. The van der Waals surface area contributed by atoms with Gasteiger partial charge in [-0.05, 0) is 45.6 Å². The van der Waals surface area contributed by atoms with Crippen LogP contribution in [0.3, 0.4) is 0 Å². The van der Waals surface area contributed by atoms with Crippen LogP contribution in [0.25, 0.3) is 0 Å². The molecule has 0 spiro atoms. The highest BCUT2D eigenvalue weighted by atomic mass is 16.6. The zero-order valence-corrected chi connectivity index (χ0v) is 22.2. The molecule has 0 rings (SSSR count). The van der Waals surface area contributed by atoms with Crippen LogP contribution in [0.4, 0.5) is 9.59 Å². The van der Waals surface area contributed by atoms with Crippen LogP contribution < -0.4 is 10.6 Å². The van der Waals surface area contributed by atoms with Crippen LogP contribution in [0.1, 0.15) is 51.9 Å². The Morgan fingerprint density at radius 2 is 1.37 bits per heavy atom. The highest BCUT2D eigenvalue weighted by Crippen LogP contribution is 2.00. The molecule has 0 bridgehead atoms. The monoisotopic (exact) mass is 540 g/mol. The van der Waals surface area contributed by atoms with Crippen LogP contribution in [-0.4, -0.2) is 82.9 Å². The van der Waals surface area contributed by atoms with Crippen molar-refractivity contribution in [1.82, 2.24) is 10.6 Å². The second-order valence-corrected chi connectivity index (χ2v) is 7.31. The molecule has 2 N–H and O–H groups in total. The molecule has 13 heteroatoms. The van der Waals surface area contributed by atoms with Crippen molar-refractivity contribution in [1.29, 1.82) is 0 Å². The molecule has 2 amide bonds. The van der Waals surface area contributed by atoms with Crippen molar-refractivity contribution in [2.45, 2.75) is 51.9 Å². The molecular formula is C25H40N4O9. The molecule has 0 aliphatic heterocycles. The molecule has 38 heavy (non-hydrogen) atoms. The SMILES string of the molecule is C=CCOCCOC(=O)NCCCCCNC(=O)OC(=C)C(=O)OCC.O=C=NCCCCCCN=C=O. The summed E-state index contributed by atoms with van der Waals surface area (Å²) in [5, 5.41) is 5.10. The van der Waals surface area contributed by atoms with E-state index >= 15 is 0 Å². The number of rotatable bonds is 21. The minimum absolute atomic E-state index is 0.174. The van der Waals surface area contributed by atoms with E-state index in [4.69, 9.17) is 9.47 Å². The first-order chi connectivity index (χ1) is 18.4. The number of alkyl carbamates (subject to hydrolysis) is 2. The maximum absolute atomic E-state index is 11.4. The summed E-state index contributed by atoms with van der Waals surface area (Å²) < 4.78 is 19.3. The molecule has 0 heterocycles. The van der Waals surface area contributed by atoms with Gasteiger partial charge in [0.15, 0.2) is 0 Å². The van der Waals surface area contributed by atoms with Gasteiger partial charge in [-0.1, -0.05) is 18.9 Å². The lowest BCUT2D eigenvalue weighted by Crippen LogP contribution is -2.28. The first-order valence-corrected chi connectivity index (χ1v) is 12.4. The summed E-state index contributed by atoms with van der Waals surface area (Å²) in [6.07, 6.45) is 9.36. The van der Waals surface area contributed by atoms with E-state index < -0.39 is 18.2 Å². The van der Waals surface area contributed by atoms with E-state index in [1.807, 2.05) is 0 Å². The number of esters is 1. The lowest BCUT2D eigenvalue weighted by molar-refractivity contribution is -0.141. The van der Waals surface area contributed by atoms with Crippen molar-refractivity contribution in [2.75, 3.05) is 52.6 Å². The van der Waals surface area contributed by atoms with Crippen LogP contribution in [0.5, 0.6) is 0 Å². The lowest BCUT2D eigenvalue weighted by Gasteiger charge is -2.08. The lowest BCUT2D eigenvalue weighted by atomic mass is 10.2. The predicted octanol–water partition coefficient (Wildman–Crippen LogP) is 3.11. The van der Waals surface area contributed by atoms with Gasteiger partial charge in [0.25, 0.3) is 0 Å². The molecule has 0 aliphatic carbocycles. The van der Waals surface area contributed by atoms with Crippen LogP contribution in [0.15, 0.2) is 35.0 Å². The molecule has 0 aromatic heterocycles. The molecule has 0 fully saturated rings. The molecule has 0 saturated heterocycles. The summed E-state index contributed by atoms with van der Waals surface area (Å²) in [5.41, 5.74) is 0. The van der Waals surface area contributed by atoms with Gasteiger partial charge in [-0.15, -0.1) is 6.58 Å². The third kappa shape index (κ3) is 28.4. The van der Waals surface area contributed by atoms with E-state index in [1.54, 1.807) is 13.0 Å². The van der Waals surface area contributed by atoms with Crippen LogP contribution >= 0.6 is 0 Å². The number of nitrogens with zero attached hydrogens (tertiary/aromatic N) is 2. The van der Waals surface area contributed by atoms with Crippen LogP contribution in [0.2, 0.25) is 0 Å². The predicted molar refractivity (Wildman–Crippen MR) is 139 cm³/mol. The van der Waals surface area contributed by atoms with Gasteiger partial charge in [-0.2, -0.15) is 0 Å². The number of isocyanates is 2. The molecule has 0 aromatic carbocycles. The molecule has 0 atom stereocenters. The number of amides is 2. The van der Waals surface area contributed by atoms with Gasteiger partial charge in [-0.3, -0.25) is 0 Å². The molecular weight excluding hydrogens is 500 g/mol. The first-order valence-electron chi connectivity index (χ1n) is 12.4. The smallest absolute Gasteiger partial charge is 0.412 e. The Morgan fingerprint density at radius 1 is 0.816 bits per heavy atom. The molecule has 0 saturated carbocycles. The van der Waals surface area contributed by atoms with E-state index in [2.05, 4.69) is 43.2 Å². The average molecular weight is 541 g/mol. The fourth-order valence-electron chi connectivity index (χ4n) is 2.45. The number of ether oxygens (including phenoxy) is 4. The van der Waals surface area contributed by atoms with Gasteiger partial charge in [0.1, 0.15) is 6.61 Å². The Hall–Kier alpha value is -3.79. The van der Waals surface area contributed by atoms with Gasteiger partial charge in [-0.25, -0.2) is 34.0 Å². The number of nitrogens with one attached hydrogen (secondary N) is 2. The molecule has 214 valence electrons. The van der Waals surface area contributed by atoms with Crippen molar-refractivity contribution >= 4 is 30.3 Å².